The van der Waals surface area contributed by atoms with Gasteiger partial charge in [-0.3, -0.25) is 9.69 Å². The second kappa shape index (κ2) is 7.68. The number of rotatable bonds is 5. The Balaban J connectivity index is 1.91. The van der Waals surface area contributed by atoms with Gasteiger partial charge >= 0.3 is 6.18 Å². The van der Waals surface area contributed by atoms with E-state index >= 15 is 0 Å². The molecule has 1 amide bonds. The van der Waals surface area contributed by atoms with Crippen LogP contribution in [0.25, 0.3) is 0 Å². The van der Waals surface area contributed by atoms with Crippen molar-refractivity contribution in [1.29, 1.82) is 0 Å². The maximum Gasteiger partial charge on any atom is 0.405 e. The van der Waals surface area contributed by atoms with E-state index in [1.165, 1.54) is 0 Å². The van der Waals surface area contributed by atoms with Gasteiger partial charge in [0.15, 0.2) is 0 Å². The predicted octanol–water partition coefficient (Wildman–Crippen LogP) is 2.59. The molecule has 1 N–H and O–H groups in total. The highest BCUT2D eigenvalue weighted by Gasteiger charge is 2.31. The Morgan fingerprint density at radius 1 is 1.39 bits per heavy atom. The van der Waals surface area contributed by atoms with Gasteiger partial charge in [-0.15, -0.1) is 0 Å². The molecular weight excluding hydrogens is 309 g/mol. The lowest BCUT2D eigenvalue weighted by atomic mass is 9.96. The number of likely N-dealkylation sites (tertiary alicyclic amines) is 1. The summed E-state index contributed by atoms with van der Waals surface area (Å²) >= 11 is 0. The Bertz CT molecular complexity index is 534. The fourth-order valence-electron chi connectivity index (χ4n) is 2.82. The van der Waals surface area contributed by atoms with Gasteiger partial charge in [-0.2, -0.15) is 13.2 Å². The number of carbonyl (C=O) groups is 1. The van der Waals surface area contributed by atoms with E-state index in [1.54, 1.807) is 7.11 Å². The third-order valence-electron chi connectivity index (χ3n) is 3.93. The summed E-state index contributed by atoms with van der Waals surface area (Å²) in [4.78, 5) is 14.0. The number of alkyl halides is 3. The van der Waals surface area contributed by atoms with Gasteiger partial charge in [0.25, 0.3) is 0 Å². The average molecular weight is 330 g/mol. The summed E-state index contributed by atoms with van der Waals surface area (Å²) in [5.74, 6) is -0.149. The largest absolute Gasteiger partial charge is 0.496 e. The quantitative estimate of drug-likeness (QED) is 0.902. The van der Waals surface area contributed by atoms with Gasteiger partial charge in [-0.1, -0.05) is 18.2 Å². The number of hydrogen-bond acceptors (Lipinski definition) is 3. The van der Waals surface area contributed by atoms with Crippen LogP contribution in [0.1, 0.15) is 18.4 Å². The van der Waals surface area contributed by atoms with Crippen LogP contribution in [-0.4, -0.2) is 43.7 Å². The molecule has 0 bridgehead atoms. The molecule has 4 nitrogen and oxygen atoms in total. The summed E-state index contributed by atoms with van der Waals surface area (Å²) < 4.78 is 41.9. The van der Waals surface area contributed by atoms with Crippen molar-refractivity contribution in [1.82, 2.24) is 10.2 Å². The number of amides is 1. The van der Waals surface area contributed by atoms with Crippen LogP contribution in [0.3, 0.4) is 0 Å². The highest BCUT2D eigenvalue weighted by molar-refractivity contribution is 5.79. The molecule has 0 saturated carbocycles. The number of halogens is 3. The highest BCUT2D eigenvalue weighted by Crippen LogP contribution is 2.23. The molecule has 1 heterocycles. The first-order valence-electron chi connectivity index (χ1n) is 7.58. The van der Waals surface area contributed by atoms with Crippen molar-refractivity contribution in [2.75, 3.05) is 26.7 Å². The van der Waals surface area contributed by atoms with E-state index in [1.807, 2.05) is 29.6 Å². The van der Waals surface area contributed by atoms with E-state index in [-0.39, 0.29) is 0 Å². The van der Waals surface area contributed by atoms with Gasteiger partial charge in [0.05, 0.1) is 13.0 Å². The number of benzene rings is 1. The molecule has 1 aromatic carbocycles. The molecule has 1 atom stereocenters. The van der Waals surface area contributed by atoms with Crippen LogP contribution in [0.2, 0.25) is 0 Å². The van der Waals surface area contributed by atoms with Gasteiger partial charge in [0, 0.05) is 18.7 Å². The van der Waals surface area contributed by atoms with Gasteiger partial charge in [-0.25, -0.2) is 0 Å². The number of nitrogens with one attached hydrogen (secondary N) is 1. The minimum Gasteiger partial charge on any atom is -0.496 e. The van der Waals surface area contributed by atoms with Crippen LogP contribution in [-0.2, 0) is 11.3 Å². The van der Waals surface area contributed by atoms with Crippen molar-refractivity contribution in [2.45, 2.75) is 25.6 Å². The summed E-state index contributed by atoms with van der Waals surface area (Å²) in [7, 11) is 1.60. The Kier molecular flexibility index (Phi) is 5.87. The smallest absolute Gasteiger partial charge is 0.405 e. The van der Waals surface area contributed by atoms with E-state index < -0.39 is 24.5 Å². The van der Waals surface area contributed by atoms with Gasteiger partial charge < -0.3 is 10.1 Å². The molecule has 128 valence electrons. The molecule has 1 aliphatic heterocycles. The summed E-state index contributed by atoms with van der Waals surface area (Å²) in [5.41, 5.74) is 1.01. The topological polar surface area (TPSA) is 41.6 Å². The number of nitrogens with zero attached hydrogens (tertiary/aromatic N) is 1. The van der Waals surface area contributed by atoms with Crippen LogP contribution in [0.5, 0.6) is 5.75 Å². The third-order valence-corrected chi connectivity index (χ3v) is 3.93. The maximum absolute atomic E-state index is 12.2. The third kappa shape index (κ3) is 5.42. The lowest BCUT2D eigenvalue weighted by Gasteiger charge is -2.32. The fourth-order valence-corrected chi connectivity index (χ4v) is 2.82. The van der Waals surface area contributed by atoms with Crippen molar-refractivity contribution < 1.29 is 22.7 Å². The monoisotopic (exact) mass is 330 g/mol. The summed E-state index contributed by atoms with van der Waals surface area (Å²) in [5, 5.41) is 1.98. The van der Waals surface area contributed by atoms with Gasteiger partial charge in [0.1, 0.15) is 12.3 Å². The highest BCUT2D eigenvalue weighted by atomic mass is 19.4. The van der Waals surface area contributed by atoms with Crippen molar-refractivity contribution >= 4 is 5.91 Å². The molecule has 23 heavy (non-hydrogen) atoms. The molecule has 1 aromatic rings. The standard InChI is InChI=1S/C16H21F3N2O2/c1-23-14-7-3-2-5-12(14)9-21-8-4-6-13(10-21)15(22)20-11-16(17,18)19/h2-3,5,7,13H,4,6,8-11H2,1H3,(H,20,22)/t13-/m0/s1. The molecule has 1 saturated heterocycles. The second-order valence-electron chi connectivity index (χ2n) is 5.72. The van der Waals surface area contributed by atoms with Crippen molar-refractivity contribution in [3.63, 3.8) is 0 Å². The summed E-state index contributed by atoms with van der Waals surface area (Å²) in [6.45, 7) is 0.630. The average Bonchev–Trinajstić information content (AvgIpc) is 2.52. The molecule has 0 aliphatic carbocycles. The number of ether oxygens (including phenoxy) is 1. The Hall–Kier alpha value is -1.76. The van der Waals surface area contributed by atoms with Crippen molar-refractivity contribution in [3.05, 3.63) is 29.8 Å². The van der Waals surface area contributed by atoms with Crippen LogP contribution in [0.15, 0.2) is 24.3 Å². The molecule has 0 radical (unpaired) electrons. The second-order valence-corrected chi connectivity index (χ2v) is 5.72. The van der Waals surface area contributed by atoms with E-state index in [0.29, 0.717) is 19.5 Å². The zero-order valence-electron chi connectivity index (χ0n) is 13.0. The Morgan fingerprint density at radius 3 is 2.83 bits per heavy atom. The van der Waals surface area contributed by atoms with Crippen molar-refractivity contribution in [2.24, 2.45) is 5.92 Å². The summed E-state index contributed by atoms with van der Waals surface area (Å²) in [6.07, 6.45) is -2.97. The molecule has 0 unspecified atom stereocenters. The zero-order valence-corrected chi connectivity index (χ0v) is 13.0. The first-order chi connectivity index (χ1) is 10.9. The molecule has 7 heteroatoms. The zero-order chi connectivity index (χ0) is 16.9. The molecule has 0 spiro atoms. The van der Waals surface area contributed by atoms with Gasteiger partial charge in [-0.05, 0) is 25.5 Å². The lowest BCUT2D eigenvalue weighted by molar-refractivity contribution is -0.141. The fraction of sp³-hybridized carbons (Fsp3) is 0.562. The Labute approximate surface area is 133 Å². The number of methoxy groups -OCH3 is 1. The van der Waals surface area contributed by atoms with Crippen molar-refractivity contribution in [3.8, 4) is 5.75 Å². The summed E-state index contributed by atoms with van der Waals surface area (Å²) in [6, 6.07) is 7.61. The molecule has 1 fully saturated rings. The maximum atomic E-state index is 12.2. The first-order valence-corrected chi connectivity index (χ1v) is 7.58. The van der Waals surface area contributed by atoms with Crippen LogP contribution in [0, 0.1) is 5.92 Å². The van der Waals surface area contributed by atoms with Crippen LogP contribution >= 0.6 is 0 Å². The number of carbonyl (C=O) groups excluding carboxylic acids is 1. The number of para-hydroxylation sites is 1. The van der Waals surface area contributed by atoms with Crippen LogP contribution in [0.4, 0.5) is 13.2 Å². The molecule has 0 aromatic heterocycles. The molecule has 1 aliphatic rings. The molecule has 2 rings (SSSR count). The van der Waals surface area contributed by atoms with E-state index in [4.69, 9.17) is 4.74 Å². The molecular formula is C16H21F3N2O2. The lowest BCUT2D eigenvalue weighted by Crippen LogP contribution is -2.44. The minimum atomic E-state index is -4.37. The van der Waals surface area contributed by atoms with Crippen LogP contribution < -0.4 is 10.1 Å². The SMILES string of the molecule is COc1ccccc1CN1CCC[C@H](C(=O)NCC(F)(F)F)C1. The number of hydrogen-bond donors (Lipinski definition) is 1. The Morgan fingerprint density at radius 2 is 2.13 bits per heavy atom. The van der Waals surface area contributed by atoms with E-state index in [0.717, 1.165) is 24.3 Å². The number of piperidine rings is 1. The van der Waals surface area contributed by atoms with Gasteiger partial charge in [0.2, 0.25) is 5.91 Å². The first kappa shape index (κ1) is 17.6. The van der Waals surface area contributed by atoms with E-state index in [2.05, 4.69) is 4.90 Å². The van der Waals surface area contributed by atoms with E-state index in [9.17, 15) is 18.0 Å². The normalized spacial score (nSPS) is 19.4. The predicted molar refractivity (Wildman–Crippen MR) is 80.1 cm³/mol. The minimum absolute atomic E-state index is 0.402.